The van der Waals surface area contributed by atoms with Crippen LogP contribution in [0.4, 0.5) is 5.82 Å². The van der Waals surface area contributed by atoms with Crippen LogP contribution in [-0.4, -0.2) is 71.1 Å². The molecule has 8 nitrogen and oxygen atoms in total. The van der Waals surface area contributed by atoms with Crippen molar-refractivity contribution in [2.45, 2.75) is 0 Å². The van der Waals surface area contributed by atoms with Crippen LogP contribution in [0.5, 0.6) is 0 Å². The fraction of sp³-hybridized carbons (Fsp3) is 0.368. The van der Waals surface area contributed by atoms with E-state index in [1.165, 1.54) is 21.1 Å². The van der Waals surface area contributed by atoms with Gasteiger partial charge in [-0.15, -0.1) is 0 Å². The van der Waals surface area contributed by atoms with Gasteiger partial charge in [-0.25, -0.2) is 4.98 Å². The minimum Gasteiger partial charge on any atom is -0.383 e. The van der Waals surface area contributed by atoms with Crippen molar-refractivity contribution in [3.8, 4) is 0 Å². The Morgan fingerprint density at radius 1 is 1.31 bits per heavy atom. The summed E-state index contributed by atoms with van der Waals surface area (Å²) in [4.78, 5) is 34.7. The number of morpholine rings is 1. The van der Waals surface area contributed by atoms with Crippen LogP contribution in [-0.2, 0) is 14.3 Å². The van der Waals surface area contributed by atoms with Gasteiger partial charge >= 0.3 is 0 Å². The summed E-state index contributed by atoms with van der Waals surface area (Å²) in [7, 11) is 1.57. The number of methoxy groups -OCH3 is 1. The third-order valence-electron chi connectivity index (χ3n) is 4.73. The van der Waals surface area contributed by atoms with Crippen LogP contribution < -0.4 is 10.5 Å². The Kier molecular flexibility index (Phi) is 5.95. The van der Waals surface area contributed by atoms with Gasteiger partial charge in [0.25, 0.3) is 11.5 Å². The Hall–Kier alpha value is -2.27. The first kappa shape index (κ1) is 20.0. The number of hydrogen-bond donors (Lipinski definition) is 0. The maximum atomic E-state index is 13.3. The number of hydrogen-bond acceptors (Lipinski definition) is 8. The van der Waals surface area contributed by atoms with E-state index in [-0.39, 0.29) is 11.5 Å². The number of carbonyl (C=O) groups is 1. The number of fused-ring (bicyclic) bond motifs is 1. The smallest absolute Gasteiger partial charge is 0.267 e. The predicted molar refractivity (Wildman–Crippen MR) is 116 cm³/mol. The van der Waals surface area contributed by atoms with Crippen molar-refractivity contribution in [1.29, 1.82) is 0 Å². The third-order valence-corrected chi connectivity index (χ3v) is 6.11. The highest BCUT2D eigenvalue weighted by Crippen LogP contribution is 2.33. The molecule has 29 heavy (non-hydrogen) atoms. The molecule has 152 valence electrons. The number of aromatic nitrogens is 2. The van der Waals surface area contributed by atoms with Gasteiger partial charge in [0.05, 0.1) is 36.8 Å². The van der Waals surface area contributed by atoms with Crippen LogP contribution in [0.15, 0.2) is 34.1 Å². The Morgan fingerprint density at radius 3 is 2.86 bits per heavy atom. The SMILES string of the molecule is COCCN1C(=O)C(=Cc2c(N3CCOCC3)nc3ccccn3c2=O)SC1=S. The summed E-state index contributed by atoms with van der Waals surface area (Å²) in [6, 6.07) is 5.41. The van der Waals surface area contributed by atoms with Crippen molar-refractivity contribution in [2.24, 2.45) is 0 Å². The van der Waals surface area contributed by atoms with E-state index in [1.807, 2.05) is 11.0 Å². The molecule has 0 aromatic carbocycles. The van der Waals surface area contributed by atoms with E-state index >= 15 is 0 Å². The number of thiocarbonyl (C=S) groups is 1. The van der Waals surface area contributed by atoms with Crippen LogP contribution in [0.3, 0.4) is 0 Å². The van der Waals surface area contributed by atoms with Crippen LogP contribution >= 0.6 is 24.0 Å². The molecule has 0 N–H and O–H groups in total. The summed E-state index contributed by atoms with van der Waals surface area (Å²) >= 11 is 6.53. The van der Waals surface area contributed by atoms with E-state index in [2.05, 4.69) is 0 Å². The van der Waals surface area contributed by atoms with Gasteiger partial charge in [-0.2, -0.15) is 0 Å². The molecule has 2 aromatic heterocycles. The standard InChI is InChI=1S/C19H20N4O4S2/c1-26-9-8-23-18(25)14(29-19(23)28)12-13-16(21-6-10-27-11-7-21)20-15-4-2-3-5-22(15)17(13)24/h2-5,12H,6-11H2,1H3. The lowest BCUT2D eigenvalue weighted by Gasteiger charge is -2.29. The second-order valence-corrected chi connectivity index (χ2v) is 8.18. The summed E-state index contributed by atoms with van der Waals surface area (Å²) < 4.78 is 12.4. The summed E-state index contributed by atoms with van der Waals surface area (Å²) in [5.41, 5.74) is 0.714. The molecule has 4 heterocycles. The topological polar surface area (TPSA) is 76.4 Å². The summed E-state index contributed by atoms with van der Waals surface area (Å²) in [6.07, 6.45) is 3.29. The third kappa shape index (κ3) is 3.93. The number of nitrogens with zero attached hydrogens (tertiary/aromatic N) is 4. The number of pyridine rings is 1. The van der Waals surface area contributed by atoms with Gasteiger partial charge < -0.3 is 14.4 Å². The number of ether oxygens (including phenoxy) is 2. The predicted octanol–water partition coefficient (Wildman–Crippen LogP) is 1.38. The molecular weight excluding hydrogens is 412 g/mol. The average molecular weight is 433 g/mol. The average Bonchev–Trinajstić information content (AvgIpc) is 3.01. The van der Waals surface area contributed by atoms with E-state index in [0.29, 0.717) is 65.7 Å². The lowest BCUT2D eigenvalue weighted by molar-refractivity contribution is -0.122. The Balaban J connectivity index is 1.81. The van der Waals surface area contributed by atoms with E-state index in [9.17, 15) is 9.59 Å². The molecule has 2 aliphatic heterocycles. The first-order valence-electron chi connectivity index (χ1n) is 9.18. The highest BCUT2D eigenvalue weighted by molar-refractivity contribution is 8.26. The summed E-state index contributed by atoms with van der Waals surface area (Å²) in [6.45, 7) is 3.15. The Morgan fingerprint density at radius 2 is 2.10 bits per heavy atom. The maximum absolute atomic E-state index is 13.3. The van der Waals surface area contributed by atoms with Crippen LogP contribution in [0, 0.1) is 0 Å². The van der Waals surface area contributed by atoms with Gasteiger partial charge in [-0.1, -0.05) is 30.0 Å². The minimum absolute atomic E-state index is 0.220. The molecule has 0 bridgehead atoms. The van der Waals surface area contributed by atoms with Gasteiger partial charge in [0.1, 0.15) is 15.8 Å². The molecule has 0 spiro atoms. The maximum Gasteiger partial charge on any atom is 0.267 e. The van der Waals surface area contributed by atoms with E-state index in [1.54, 1.807) is 31.5 Å². The largest absolute Gasteiger partial charge is 0.383 e. The van der Waals surface area contributed by atoms with E-state index < -0.39 is 0 Å². The highest BCUT2D eigenvalue weighted by atomic mass is 32.2. The zero-order valence-electron chi connectivity index (χ0n) is 15.9. The molecular formula is C19H20N4O4S2. The molecule has 2 aromatic rings. The van der Waals surface area contributed by atoms with Gasteiger partial charge in [0.15, 0.2) is 0 Å². The lowest BCUT2D eigenvalue weighted by atomic mass is 10.2. The number of rotatable bonds is 5. The molecule has 2 aliphatic rings. The fourth-order valence-corrected chi connectivity index (χ4v) is 4.53. The van der Waals surface area contributed by atoms with Crippen molar-refractivity contribution < 1.29 is 14.3 Å². The van der Waals surface area contributed by atoms with Crippen molar-refractivity contribution >= 4 is 51.7 Å². The van der Waals surface area contributed by atoms with Crippen LogP contribution in [0.1, 0.15) is 5.56 Å². The van der Waals surface area contributed by atoms with Crippen LogP contribution in [0.25, 0.3) is 11.7 Å². The van der Waals surface area contributed by atoms with Gasteiger partial charge in [-0.05, 0) is 18.2 Å². The molecule has 10 heteroatoms. The monoisotopic (exact) mass is 432 g/mol. The first-order valence-corrected chi connectivity index (χ1v) is 10.4. The molecule has 0 atom stereocenters. The van der Waals surface area contributed by atoms with Crippen molar-refractivity contribution in [3.05, 3.63) is 45.2 Å². The normalized spacial score (nSPS) is 19.0. The van der Waals surface area contributed by atoms with Gasteiger partial charge in [0.2, 0.25) is 0 Å². The second-order valence-electron chi connectivity index (χ2n) is 6.51. The Labute approximate surface area is 177 Å². The first-order chi connectivity index (χ1) is 14.1. The Bertz CT molecular complexity index is 1050. The lowest BCUT2D eigenvalue weighted by Crippen LogP contribution is -2.38. The fourth-order valence-electron chi connectivity index (χ4n) is 3.24. The number of anilines is 1. The van der Waals surface area contributed by atoms with Gasteiger partial charge in [-0.3, -0.25) is 18.9 Å². The van der Waals surface area contributed by atoms with Gasteiger partial charge in [0, 0.05) is 26.4 Å². The summed E-state index contributed by atoms with van der Waals surface area (Å²) in [5, 5.41) is 0. The van der Waals surface area contributed by atoms with Crippen molar-refractivity contribution in [2.75, 3.05) is 51.5 Å². The second kappa shape index (κ2) is 8.62. The number of amides is 1. The minimum atomic E-state index is -0.223. The molecule has 2 saturated heterocycles. The molecule has 0 unspecified atom stereocenters. The number of carbonyl (C=O) groups excluding carboxylic acids is 1. The molecule has 1 amide bonds. The molecule has 0 saturated carbocycles. The number of thioether (sulfide) groups is 1. The molecule has 4 rings (SSSR count). The molecule has 0 aliphatic carbocycles. The highest BCUT2D eigenvalue weighted by Gasteiger charge is 2.32. The van der Waals surface area contributed by atoms with E-state index in [0.717, 1.165) is 0 Å². The molecule has 2 fully saturated rings. The van der Waals surface area contributed by atoms with Crippen molar-refractivity contribution in [3.63, 3.8) is 0 Å². The summed E-state index contributed by atoms with van der Waals surface area (Å²) in [5.74, 6) is 0.342. The molecule has 0 radical (unpaired) electrons. The zero-order chi connectivity index (χ0) is 20.4. The van der Waals surface area contributed by atoms with E-state index in [4.69, 9.17) is 26.7 Å². The van der Waals surface area contributed by atoms with Crippen LogP contribution in [0.2, 0.25) is 0 Å². The zero-order valence-corrected chi connectivity index (χ0v) is 17.5. The quantitative estimate of drug-likeness (QED) is 0.518. The van der Waals surface area contributed by atoms with Crippen molar-refractivity contribution in [1.82, 2.24) is 14.3 Å².